The predicted molar refractivity (Wildman–Crippen MR) is 47.5 cm³/mol. The van der Waals surface area contributed by atoms with Gasteiger partial charge in [0.25, 0.3) is 0 Å². The summed E-state index contributed by atoms with van der Waals surface area (Å²) in [6.45, 7) is 3.82. The second-order valence-corrected chi connectivity index (χ2v) is 3.30. The lowest BCUT2D eigenvalue weighted by atomic mass is 9.73. The molecule has 0 amide bonds. The highest BCUT2D eigenvalue weighted by atomic mass is 16.4. The summed E-state index contributed by atoms with van der Waals surface area (Å²) in [5.41, 5.74) is -0.797. The van der Waals surface area contributed by atoms with Crippen molar-refractivity contribution >= 4 is 5.97 Å². The lowest BCUT2D eigenvalue weighted by molar-refractivity contribution is -0.146. The lowest BCUT2D eigenvalue weighted by Gasteiger charge is -2.30. The molecule has 0 aliphatic heterocycles. The molecule has 0 saturated carbocycles. The minimum Gasteiger partial charge on any atom is -0.481 e. The van der Waals surface area contributed by atoms with Crippen molar-refractivity contribution in [3.05, 3.63) is 30.7 Å². The second-order valence-electron chi connectivity index (χ2n) is 3.30. The van der Waals surface area contributed by atoms with Gasteiger partial charge in [-0.3, -0.25) is 4.79 Å². The summed E-state index contributed by atoms with van der Waals surface area (Å²) in [6.07, 6.45) is 8.88. The van der Waals surface area contributed by atoms with Crippen LogP contribution in [-0.2, 0) is 4.79 Å². The molecule has 2 nitrogen and oxygen atoms in total. The van der Waals surface area contributed by atoms with Crippen LogP contribution < -0.4 is 0 Å². The number of carboxylic acids is 1. The van der Waals surface area contributed by atoms with Crippen LogP contribution in [0.3, 0.4) is 0 Å². The molecule has 2 heteroatoms. The van der Waals surface area contributed by atoms with Crippen molar-refractivity contribution in [3.8, 4) is 0 Å². The SMILES string of the molecule is CC(C)C1(C(=O)O)[CH]C=CC=C1. The minimum absolute atomic E-state index is 0.0798. The van der Waals surface area contributed by atoms with Gasteiger partial charge in [0.2, 0.25) is 0 Å². The summed E-state index contributed by atoms with van der Waals surface area (Å²) < 4.78 is 0. The highest BCUT2D eigenvalue weighted by Crippen LogP contribution is 2.35. The molecule has 0 bridgehead atoms. The quantitative estimate of drug-likeness (QED) is 0.679. The van der Waals surface area contributed by atoms with E-state index in [1.807, 2.05) is 19.9 Å². The molecule has 0 heterocycles. The van der Waals surface area contributed by atoms with Gasteiger partial charge in [0.15, 0.2) is 0 Å². The summed E-state index contributed by atoms with van der Waals surface area (Å²) >= 11 is 0. The highest BCUT2D eigenvalue weighted by Gasteiger charge is 2.38. The maximum Gasteiger partial charge on any atom is 0.314 e. The fourth-order valence-corrected chi connectivity index (χ4v) is 1.32. The van der Waals surface area contributed by atoms with Gasteiger partial charge in [0.1, 0.15) is 0 Å². The first kappa shape index (κ1) is 9.04. The molecule has 0 aromatic rings. The zero-order valence-corrected chi connectivity index (χ0v) is 7.32. The zero-order valence-electron chi connectivity index (χ0n) is 7.32. The summed E-state index contributed by atoms with van der Waals surface area (Å²) in [4.78, 5) is 11.0. The first-order valence-electron chi connectivity index (χ1n) is 4.03. The van der Waals surface area contributed by atoms with Crippen LogP contribution >= 0.6 is 0 Å². The molecule has 1 N–H and O–H groups in total. The molecule has 1 aliphatic carbocycles. The third-order valence-electron chi connectivity index (χ3n) is 2.29. The van der Waals surface area contributed by atoms with E-state index in [1.165, 1.54) is 0 Å². The Hall–Kier alpha value is -1.05. The van der Waals surface area contributed by atoms with Crippen molar-refractivity contribution in [1.82, 2.24) is 0 Å². The molecule has 1 rings (SSSR count). The van der Waals surface area contributed by atoms with E-state index in [0.717, 1.165) is 0 Å². The van der Waals surface area contributed by atoms with Crippen molar-refractivity contribution in [2.24, 2.45) is 11.3 Å². The molecule has 0 spiro atoms. The normalized spacial score (nSPS) is 27.9. The number of aliphatic carboxylic acids is 1. The minimum atomic E-state index is -0.797. The smallest absolute Gasteiger partial charge is 0.314 e. The third-order valence-corrected chi connectivity index (χ3v) is 2.29. The average Bonchev–Trinajstić information content (AvgIpc) is 2.05. The van der Waals surface area contributed by atoms with Crippen LogP contribution in [0.4, 0.5) is 0 Å². The molecule has 1 atom stereocenters. The topological polar surface area (TPSA) is 37.3 Å². The molecular formula is C10H13O2. The van der Waals surface area contributed by atoms with E-state index in [-0.39, 0.29) is 5.92 Å². The number of carbonyl (C=O) groups is 1. The van der Waals surface area contributed by atoms with Crippen molar-refractivity contribution in [2.45, 2.75) is 13.8 Å². The van der Waals surface area contributed by atoms with Crippen molar-refractivity contribution < 1.29 is 9.90 Å². The highest BCUT2D eigenvalue weighted by molar-refractivity contribution is 5.80. The molecule has 0 aromatic carbocycles. The fourth-order valence-electron chi connectivity index (χ4n) is 1.32. The Morgan fingerprint density at radius 3 is 2.25 bits per heavy atom. The standard InChI is InChI=1S/C10H13O2/c1-8(2)10(9(11)12)6-4-3-5-7-10/h3-8H,1-2H3,(H,11,12). The molecule has 1 aliphatic rings. The van der Waals surface area contributed by atoms with Crippen molar-refractivity contribution in [3.63, 3.8) is 0 Å². The van der Waals surface area contributed by atoms with E-state index >= 15 is 0 Å². The molecule has 0 fully saturated rings. The van der Waals surface area contributed by atoms with Crippen LogP contribution in [0, 0.1) is 17.8 Å². The number of carboxylic acid groups (broad SMARTS) is 1. The number of hydrogen-bond acceptors (Lipinski definition) is 1. The Kier molecular flexibility index (Phi) is 2.36. The average molecular weight is 165 g/mol. The monoisotopic (exact) mass is 165 g/mol. The number of allylic oxidation sites excluding steroid dienone is 3. The van der Waals surface area contributed by atoms with E-state index in [9.17, 15) is 4.79 Å². The van der Waals surface area contributed by atoms with Crippen LogP contribution in [0.1, 0.15) is 13.8 Å². The summed E-state index contributed by atoms with van der Waals surface area (Å²) in [7, 11) is 0. The summed E-state index contributed by atoms with van der Waals surface area (Å²) in [6, 6.07) is 0. The van der Waals surface area contributed by atoms with Gasteiger partial charge in [-0.15, -0.1) is 0 Å². The van der Waals surface area contributed by atoms with Gasteiger partial charge in [-0.2, -0.15) is 0 Å². The van der Waals surface area contributed by atoms with Crippen LogP contribution in [0.5, 0.6) is 0 Å². The molecule has 12 heavy (non-hydrogen) atoms. The zero-order chi connectivity index (χ0) is 9.19. The predicted octanol–water partition coefficient (Wildman–Crippen LogP) is 2.04. The Balaban J connectivity index is 2.96. The van der Waals surface area contributed by atoms with Crippen molar-refractivity contribution in [2.75, 3.05) is 0 Å². The first-order valence-corrected chi connectivity index (χ1v) is 4.03. The van der Waals surface area contributed by atoms with E-state index in [2.05, 4.69) is 0 Å². The van der Waals surface area contributed by atoms with Gasteiger partial charge in [-0.05, 0) is 5.92 Å². The van der Waals surface area contributed by atoms with E-state index in [0.29, 0.717) is 0 Å². The molecular weight excluding hydrogens is 152 g/mol. The second kappa shape index (κ2) is 3.13. The third kappa shape index (κ3) is 1.29. The van der Waals surface area contributed by atoms with Gasteiger partial charge >= 0.3 is 5.97 Å². The van der Waals surface area contributed by atoms with E-state index in [4.69, 9.17) is 5.11 Å². The van der Waals surface area contributed by atoms with Gasteiger partial charge in [0, 0.05) is 6.42 Å². The largest absolute Gasteiger partial charge is 0.481 e. The van der Waals surface area contributed by atoms with Gasteiger partial charge in [0.05, 0.1) is 5.41 Å². The Morgan fingerprint density at radius 2 is 2.00 bits per heavy atom. The summed E-state index contributed by atoms with van der Waals surface area (Å²) in [5, 5.41) is 9.04. The maximum atomic E-state index is 11.0. The molecule has 1 radical (unpaired) electrons. The summed E-state index contributed by atoms with van der Waals surface area (Å²) in [5.74, 6) is -0.700. The van der Waals surface area contributed by atoms with E-state index in [1.54, 1.807) is 24.6 Å². The number of rotatable bonds is 2. The van der Waals surface area contributed by atoms with Gasteiger partial charge in [-0.25, -0.2) is 0 Å². The van der Waals surface area contributed by atoms with E-state index < -0.39 is 11.4 Å². The van der Waals surface area contributed by atoms with Gasteiger partial charge < -0.3 is 5.11 Å². The first-order chi connectivity index (χ1) is 5.59. The Bertz CT molecular complexity index is 238. The van der Waals surface area contributed by atoms with Crippen molar-refractivity contribution in [1.29, 1.82) is 0 Å². The molecule has 65 valence electrons. The number of hydrogen-bond donors (Lipinski definition) is 1. The molecule has 0 saturated heterocycles. The fraction of sp³-hybridized carbons (Fsp3) is 0.400. The maximum absolute atomic E-state index is 11.0. The van der Waals surface area contributed by atoms with Gasteiger partial charge in [-0.1, -0.05) is 38.2 Å². The molecule has 0 aromatic heterocycles. The van der Waals surface area contributed by atoms with Crippen LogP contribution in [0.15, 0.2) is 24.3 Å². The van der Waals surface area contributed by atoms with Crippen LogP contribution in [0.25, 0.3) is 0 Å². The van der Waals surface area contributed by atoms with Crippen LogP contribution in [-0.4, -0.2) is 11.1 Å². The lowest BCUT2D eigenvalue weighted by Crippen LogP contribution is -2.35. The molecule has 1 unspecified atom stereocenters. The van der Waals surface area contributed by atoms with Crippen LogP contribution in [0.2, 0.25) is 0 Å². The Labute approximate surface area is 72.6 Å². The Morgan fingerprint density at radius 1 is 1.33 bits per heavy atom.